The van der Waals surface area contributed by atoms with Gasteiger partial charge < -0.3 is 10.4 Å². The lowest BCUT2D eigenvalue weighted by molar-refractivity contribution is 0.0931. The summed E-state index contributed by atoms with van der Waals surface area (Å²) >= 11 is 1.45. The maximum absolute atomic E-state index is 12.9. The van der Waals surface area contributed by atoms with Gasteiger partial charge in [-0.05, 0) is 42.7 Å². The van der Waals surface area contributed by atoms with Crippen molar-refractivity contribution in [2.75, 3.05) is 13.2 Å². The molecular formula is C18H19FN2O2S. The minimum absolute atomic E-state index is 0.104. The van der Waals surface area contributed by atoms with E-state index in [4.69, 9.17) is 0 Å². The second-order valence-corrected chi connectivity index (χ2v) is 7.08. The first-order valence-electron chi connectivity index (χ1n) is 7.83. The Morgan fingerprint density at radius 3 is 2.71 bits per heavy atom. The van der Waals surface area contributed by atoms with Crippen molar-refractivity contribution >= 4 is 17.7 Å². The van der Waals surface area contributed by atoms with Crippen molar-refractivity contribution in [2.45, 2.75) is 23.6 Å². The van der Waals surface area contributed by atoms with Crippen molar-refractivity contribution in [1.82, 2.24) is 10.3 Å². The number of thioether (sulfide) groups is 1. The fourth-order valence-electron chi connectivity index (χ4n) is 2.34. The Bertz CT molecular complexity index is 717. The molecule has 1 amide bonds. The lowest BCUT2D eigenvalue weighted by Crippen LogP contribution is -2.32. The van der Waals surface area contributed by atoms with Gasteiger partial charge >= 0.3 is 0 Å². The Morgan fingerprint density at radius 1 is 1.29 bits per heavy atom. The summed E-state index contributed by atoms with van der Waals surface area (Å²) in [6, 6.07) is 9.77. The third-order valence-electron chi connectivity index (χ3n) is 4.22. The smallest absolute Gasteiger partial charge is 0.254 e. The standard InChI is InChI=1S/C18H19FN2O2S/c19-14-5-3-13(4-6-14)10-24-17-15(2-1-9-20-17)16(23)21-11-18(12-22)7-8-18/h1-6,9,22H,7-8,10-12H2,(H,21,23). The predicted octanol–water partition coefficient (Wildman–Crippen LogP) is 3.02. The van der Waals surface area contributed by atoms with E-state index in [1.807, 2.05) is 0 Å². The van der Waals surface area contributed by atoms with Crippen LogP contribution < -0.4 is 5.32 Å². The van der Waals surface area contributed by atoms with E-state index in [1.54, 1.807) is 30.5 Å². The minimum Gasteiger partial charge on any atom is -0.396 e. The SMILES string of the molecule is O=C(NCC1(CO)CC1)c1cccnc1SCc1ccc(F)cc1. The number of carbonyl (C=O) groups is 1. The number of benzene rings is 1. The summed E-state index contributed by atoms with van der Waals surface area (Å²) in [6.07, 6.45) is 3.55. The molecule has 1 aromatic heterocycles. The molecule has 0 atom stereocenters. The van der Waals surface area contributed by atoms with Gasteiger partial charge in [-0.3, -0.25) is 4.79 Å². The lowest BCUT2D eigenvalue weighted by Gasteiger charge is -2.14. The van der Waals surface area contributed by atoms with Crippen LogP contribution in [0.2, 0.25) is 0 Å². The molecule has 1 heterocycles. The van der Waals surface area contributed by atoms with E-state index < -0.39 is 0 Å². The number of nitrogens with one attached hydrogen (secondary N) is 1. The van der Waals surface area contributed by atoms with E-state index in [0.29, 0.717) is 22.9 Å². The highest BCUT2D eigenvalue weighted by atomic mass is 32.2. The summed E-state index contributed by atoms with van der Waals surface area (Å²) < 4.78 is 12.9. The second-order valence-electron chi connectivity index (χ2n) is 6.11. The van der Waals surface area contributed by atoms with Crippen LogP contribution >= 0.6 is 11.8 Å². The number of hydrogen-bond acceptors (Lipinski definition) is 4. The van der Waals surface area contributed by atoms with Crippen LogP contribution in [0.3, 0.4) is 0 Å². The molecule has 6 heteroatoms. The van der Waals surface area contributed by atoms with Gasteiger partial charge in [0, 0.05) is 23.9 Å². The Hall–Kier alpha value is -1.92. The van der Waals surface area contributed by atoms with Crippen LogP contribution in [0.1, 0.15) is 28.8 Å². The van der Waals surface area contributed by atoms with Gasteiger partial charge in [-0.1, -0.05) is 12.1 Å². The molecule has 1 saturated carbocycles. The van der Waals surface area contributed by atoms with Gasteiger partial charge in [0.15, 0.2) is 0 Å². The number of aliphatic hydroxyl groups is 1. The molecule has 0 saturated heterocycles. The number of rotatable bonds is 7. The van der Waals surface area contributed by atoms with Crippen molar-refractivity contribution < 1.29 is 14.3 Å². The first kappa shape index (κ1) is 16.9. The van der Waals surface area contributed by atoms with E-state index in [2.05, 4.69) is 10.3 Å². The van der Waals surface area contributed by atoms with Crippen molar-refractivity contribution in [1.29, 1.82) is 0 Å². The van der Waals surface area contributed by atoms with E-state index in [9.17, 15) is 14.3 Å². The monoisotopic (exact) mass is 346 g/mol. The van der Waals surface area contributed by atoms with Crippen molar-refractivity contribution in [3.63, 3.8) is 0 Å². The molecule has 24 heavy (non-hydrogen) atoms. The van der Waals surface area contributed by atoms with Gasteiger partial charge in [0.2, 0.25) is 0 Å². The van der Waals surface area contributed by atoms with Crippen LogP contribution in [-0.4, -0.2) is 29.1 Å². The number of aromatic nitrogens is 1. The summed E-state index contributed by atoms with van der Waals surface area (Å²) in [4.78, 5) is 16.7. The number of pyridine rings is 1. The number of amides is 1. The van der Waals surface area contributed by atoms with Gasteiger partial charge in [-0.25, -0.2) is 9.37 Å². The van der Waals surface area contributed by atoms with Crippen LogP contribution in [0.25, 0.3) is 0 Å². The topological polar surface area (TPSA) is 62.2 Å². The van der Waals surface area contributed by atoms with Gasteiger partial charge in [0.25, 0.3) is 5.91 Å². The van der Waals surface area contributed by atoms with E-state index in [-0.39, 0.29) is 23.7 Å². The molecule has 2 aromatic rings. The molecule has 3 rings (SSSR count). The quantitative estimate of drug-likeness (QED) is 0.757. The molecular weight excluding hydrogens is 327 g/mol. The number of hydrogen-bond donors (Lipinski definition) is 2. The fourth-order valence-corrected chi connectivity index (χ4v) is 3.29. The zero-order valence-electron chi connectivity index (χ0n) is 13.2. The highest BCUT2D eigenvalue weighted by Crippen LogP contribution is 2.44. The zero-order valence-corrected chi connectivity index (χ0v) is 14.0. The number of carbonyl (C=O) groups excluding carboxylic acids is 1. The van der Waals surface area contributed by atoms with Gasteiger partial charge in [-0.15, -0.1) is 11.8 Å². The average Bonchev–Trinajstić information content (AvgIpc) is 3.40. The lowest BCUT2D eigenvalue weighted by atomic mass is 10.1. The molecule has 0 unspecified atom stereocenters. The number of aliphatic hydroxyl groups excluding tert-OH is 1. The first-order chi connectivity index (χ1) is 11.6. The van der Waals surface area contributed by atoms with E-state index in [0.717, 1.165) is 18.4 Å². The van der Waals surface area contributed by atoms with Crippen molar-refractivity contribution in [3.8, 4) is 0 Å². The van der Waals surface area contributed by atoms with Crippen molar-refractivity contribution in [2.24, 2.45) is 5.41 Å². The van der Waals surface area contributed by atoms with Crippen LogP contribution in [0.15, 0.2) is 47.6 Å². The van der Waals surface area contributed by atoms with Crippen LogP contribution in [-0.2, 0) is 5.75 Å². The molecule has 0 radical (unpaired) electrons. The molecule has 0 aliphatic heterocycles. The summed E-state index contributed by atoms with van der Waals surface area (Å²) in [6.45, 7) is 0.589. The molecule has 1 aliphatic carbocycles. The zero-order chi connectivity index (χ0) is 17.0. The maximum atomic E-state index is 12.9. The predicted molar refractivity (Wildman–Crippen MR) is 91.3 cm³/mol. The Balaban J connectivity index is 1.63. The molecule has 0 bridgehead atoms. The van der Waals surface area contributed by atoms with E-state index >= 15 is 0 Å². The van der Waals surface area contributed by atoms with Crippen LogP contribution in [0, 0.1) is 11.2 Å². The highest BCUT2D eigenvalue weighted by Gasteiger charge is 2.42. The first-order valence-corrected chi connectivity index (χ1v) is 8.82. The van der Waals surface area contributed by atoms with Crippen LogP contribution in [0.5, 0.6) is 0 Å². The summed E-state index contributed by atoms with van der Waals surface area (Å²) in [5.74, 6) is 0.169. The van der Waals surface area contributed by atoms with Crippen molar-refractivity contribution in [3.05, 3.63) is 59.5 Å². The molecule has 1 fully saturated rings. The minimum atomic E-state index is -0.264. The normalized spacial score (nSPS) is 15.1. The average molecular weight is 346 g/mol. The third-order valence-corrected chi connectivity index (χ3v) is 5.30. The van der Waals surface area contributed by atoms with Crippen LogP contribution in [0.4, 0.5) is 4.39 Å². The summed E-state index contributed by atoms with van der Waals surface area (Å²) in [5.41, 5.74) is 1.37. The Labute approximate surface area is 144 Å². The van der Waals surface area contributed by atoms with E-state index in [1.165, 1.54) is 23.9 Å². The van der Waals surface area contributed by atoms with Gasteiger partial charge in [-0.2, -0.15) is 0 Å². The highest BCUT2D eigenvalue weighted by molar-refractivity contribution is 7.98. The largest absolute Gasteiger partial charge is 0.396 e. The number of halogens is 1. The second kappa shape index (κ2) is 7.32. The molecule has 0 spiro atoms. The van der Waals surface area contributed by atoms with Gasteiger partial charge in [0.1, 0.15) is 10.8 Å². The summed E-state index contributed by atoms with van der Waals surface area (Å²) in [5, 5.41) is 12.9. The number of nitrogens with zero attached hydrogens (tertiary/aromatic N) is 1. The third kappa shape index (κ3) is 4.13. The maximum Gasteiger partial charge on any atom is 0.254 e. The summed E-state index contributed by atoms with van der Waals surface area (Å²) in [7, 11) is 0. The fraction of sp³-hybridized carbons (Fsp3) is 0.333. The molecule has 1 aromatic carbocycles. The molecule has 126 valence electrons. The molecule has 4 nitrogen and oxygen atoms in total. The molecule has 1 aliphatic rings. The Kier molecular flexibility index (Phi) is 5.16. The molecule has 2 N–H and O–H groups in total. The van der Waals surface area contributed by atoms with Gasteiger partial charge in [0.05, 0.1) is 12.2 Å². The Morgan fingerprint density at radius 2 is 2.04 bits per heavy atom.